The standard InChI is InChI=1S/C13H12BrFN2O2/c1-18-11-4-3-9(6-12(11)19-2)17-13-10(15)5-8(14)7-16-13/h3-7H,1-2H3,(H,16,17). The Morgan fingerprint density at radius 1 is 1.16 bits per heavy atom. The second-order valence-corrected chi connectivity index (χ2v) is 4.59. The summed E-state index contributed by atoms with van der Waals surface area (Å²) in [5.74, 6) is 0.877. The maximum atomic E-state index is 13.7. The Hall–Kier alpha value is -1.82. The van der Waals surface area contributed by atoms with Crippen LogP contribution in [0.2, 0.25) is 0 Å². The van der Waals surface area contributed by atoms with Gasteiger partial charge in [0, 0.05) is 22.4 Å². The predicted molar refractivity (Wildman–Crippen MR) is 74.7 cm³/mol. The second-order valence-electron chi connectivity index (χ2n) is 3.68. The van der Waals surface area contributed by atoms with Gasteiger partial charge in [0.2, 0.25) is 0 Å². The Balaban J connectivity index is 2.28. The van der Waals surface area contributed by atoms with Gasteiger partial charge in [0.15, 0.2) is 23.1 Å². The zero-order valence-electron chi connectivity index (χ0n) is 10.4. The highest BCUT2D eigenvalue weighted by Crippen LogP contribution is 2.31. The lowest BCUT2D eigenvalue weighted by Crippen LogP contribution is -1.98. The molecule has 1 heterocycles. The van der Waals surface area contributed by atoms with Gasteiger partial charge in [-0.05, 0) is 34.1 Å². The summed E-state index contributed by atoms with van der Waals surface area (Å²) in [6, 6.07) is 6.54. The van der Waals surface area contributed by atoms with Gasteiger partial charge in [0.05, 0.1) is 14.2 Å². The Labute approximate surface area is 118 Å². The third-order valence-corrected chi connectivity index (χ3v) is 2.89. The van der Waals surface area contributed by atoms with Gasteiger partial charge in [-0.25, -0.2) is 9.37 Å². The third kappa shape index (κ3) is 3.14. The fourth-order valence-electron chi connectivity index (χ4n) is 1.56. The minimum Gasteiger partial charge on any atom is -0.493 e. The van der Waals surface area contributed by atoms with Crippen LogP contribution in [0.15, 0.2) is 34.9 Å². The zero-order valence-corrected chi connectivity index (χ0v) is 12.0. The molecule has 6 heteroatoms. The summed E-state index contributed by atoms with van der Waals surface area (Å²) in [7, 11) is 3.10. The number of anilines is 2. The Bertz CT molecular complexity index is 593. The molecule has 100 valence electrons. The van der Waals surface area contributed by atoms with Crippen LogP contribution in [0, 0.1) is 5.82 Å². The molecule has 0 saturated carbocycles. The van der Waals surface area contributed by atoms with E-state index in [1.165, 1.54) is 12.3 Å². The molecule has 0 radical (unpaired) electrons. The molecule has 0 aliphatic carbocycles. The first-order valence-electron chi connectivity index (χ1n) is 5.44. The summed E-state index contributed by atoms with van der Waals surface area (Å²) in [4.78, 5) is 3.97. The number of pyridine rings is 1. The van der Waals surface area contributed by atoms with Gasteiger partial charge in [0.1, 0.15) is 0 Å². The smallest absolute Gasteiger partial charge is 0.166 e. The number of aromatic nitrogens is 1. The highest BCUT2D eigenvalue weighted by molar-refractivity contribution is 9.10. The van der Waals surface area contributed by atoms with Gasteiger partial charge in [0.25, 0.3) is 0 Å². The van der Waals surface area contributed by atoms with Crippen molar-refractivity contribution in [2.45, 2.75) is 0 Å². The van der Waals surface area contributed by atoms with Crippen molar-refractivity contribution in [1.82, 2.24) is 4.98 Å². The highest BCUT2D eigenvalue weighted by Gasteiger charge is 2.08. The van der Waals surface area contributed by atoms with Crippen molar-refractivity contribution >= 4 is 27.4 Å². The molecule has 0 unspecified atom stereocenters. The molecule has 0 aliphatic rings. The molecule has 0 fully saturated rings. The normalized spacial score (nSPS) is 10.1. The zero-order chi connectivity index (χ0) is 13.8. The Morgan fingerprint density at radius 3 is 2.53 bits per heavy atom. The van der Waals surface area contributed by atoms with Crippen LogP contribution in [-0.4, -0.2) is 19.2 Å². The molecule has 4 nitrogen and oxygen atoms in total. The first kappa shape index (κ1) is 13.6. The molecule has 1 aromatic heterocycles. The molecule has 1 aromatic carbocycles. The lowest BCUT2D eigenvalue weighted by molar-refractivity contribution is 0.355. The molecule has 19 heavy (non-hydrogen) atoms. The SMILES string of the molecule is COc1ccc(Nc2ncc(Br)cc2F)cc1OC. The Morgan fingerprint density at radius 2 is 1.89 bits per heavy atom. The summed E-state index contributed by atoms with van der Waals surface area (Å²) in [6.07, 6.45) is 1.52. The lowest BCUT2D eigenvalue weighted by Gasteiger charge is -2.11. The van der Waals surface area contributed by atoms with E-state index in [1.807, 2.05) is 0 Å². The van der Waals surface area contributed by atoms with Crippen LogP contribution < -0.4 is 14.8 Å². The van der Waals surface area contributed by atoms with Crippen molar-refractivity contribution in [2.24, 2.45) is 0 Å². The lowest BCUT2D eigenvalue weighted by atomic mass is 10.2. The van der Waals surface area contributed by atoms with Gasteiger partial charge >= 0.3 is 0 Å². The predicted octanol–water partition coefficient (Wildman–Crippen LogP) is 3.74. The van der Waals surface area contributed by atoms with E-state index in [-0.39, 0.29) is 5.82 Å². The van der Waals surface area contributed by atoms with E-state index >= 15 is 0 Å². The molecule has 0 aliphatic heterocycles. The van der Waals surface area contributed by atoms with Crippen LogP contribution in [0.4, 0.5) is 15.9 Å². The van der Waals surface area contributed by atoms with Crippen LogP contribution in [0.3, 0.4) is 0 Å². The first-order chi connectivity index (χ1) is 9.13. The molecule has 1 N–H and O–H groups in total. The van der Waals surface area contributed by atoms with Crippen molar-refractivity contribution in [3.8, 4) is 11.5 Å². The molecule has 2 aromatic rings. The van der Waals surface area contributed by atoms with Crippen molar-refractivity contribution in [1.29, 1.82) is 0 Å². The third-order valence-electron chi connectivity index (χ3n) is 2.45. The van der Waals surface area contributed by atoms with Crippen LogP contribution >= 0.6 is 15.9 Å². The minimum absolute atomic E-state index is 0.149. The van der Waals surface area contributed by atoms with Crippen LogP contribution in [0.5, 0.6) is 11.5 Å². The summed E-state index contributed by atoms with van der Waals surface area (Å²) >= 11 is 3.16. The molecular formula is C13H12BrFN2O2. The van der Waals surface area contributed by atoms with Crippen molar-refractivity contribution in [3.05, 3.63) is 40.8 Å². The fourth-order valence-corrected chi connectivity index (χ4v) is 1.86. The number of hydrogen-bond donors (Lipinski definition) is 1. The molecule has 0 amide bonds. The van der Waals surface area contributed by atoms with Gasteiger partial charge < -0.3 is 14.8 Å². The van der Waals surface area contributed by atoms with Gasteiger partial charge in [-0.15, -0.1) is 0 Å². The van der Waals surface area contributed by atoms with Crippen LogP contribution in [0.1, 0.15) is 0 Å². The van der Waals surface area contributed by atoms with E-state index < -0.39 is 5.82 Å². The number of benzene rings is 1. The van der Waals surface area contributed by atoms with E-state index in [2.05, 4.69) is 26.2 Å². The highest BCUT2D eigenvalue weighted by atomic mass is 79.9. The maximum Gasteiger partial charge on any atom is 0.166 e. The maximum absolute atomic E-state index is 13.7. The summed E-state index contributed by atoms with van der Waals surface area (Å²) < 4.78 is 24.5. The van der Waals surface area contributed by atoms with E-state index in [1.54, 1.807) is 32.4 Å². The van der Waals surface area contributed by atoms with Crippen molar-refractivity contribution in [3.63, 3.8) is 0 Å². The molecular weight excluding hydrogens is 315 g/mol. The molecule has 0 bridgehead atoms. The molecule has 0 atom stereocenters. The number of halogens is 2. The number of ether oxygens (including phenoxy) is 2. The number of rotatable bonds is 4. The average molecular weight is 327 g/mol. The van der Waals surface area contributed by atoms with Gasteiger partial charge in [-0.1, -0.05) is 0 Å². The topological polar surface area (TPSA) is 43.4 Å². The molecule has 0 spiro atoms. The van der Waals surface area contributed by atoms with Crippen LogP contribution in [0.25, 0.3) is 0 Å². The van der Waals surface area contributed by atoms with E-state index in [0.717, 1.165) is 0 Å². The van der Waals surface area contributed by atoms with Crippen molar-refractivity contribution in [2.75, 3.05) is 19.5 Å². The first-order valence-corrected chi connectivity index (χ1v) is 6.23. The van der Waals surface area contributed by atoms with Crippen molar-refractivity contribution < 1.29 is 13.9 Å². The largest absolute Gasteiger partial charge is 0.493 e. The van der Waals surface area contributed by atoms with E-state index in [9.17, 15) is 4.39 Å². The second kappa shape index (κ2) is 5.88. The number of nitrogens with zero attached hydrogens (tertiary/aromatic N) is 1. The number of methoxy groups -OCH3 is 2. The van der Waals surface area contributed by atoms with E-state index in [4.69, 9.17) is 9.47 Å². The number of hydrogen-bond acceptors (Lipinski definition) is 4. The number of nitrogens with one attached hydrogen (secondary N) is 1. The summed E-state index contributed by atoms with van der Waals surface area (Å²) in [5.41, 5.74) is 0.659. The van der Waals surface area contributed by atoms with Crippen LogP contribution in [-0.2, 0) is 0 Å². The summed E-state index contributed by atoms with van der Waals surface area (Å²) in [6.45, 7) is 0. The fraction of sp³-hybridized carbons (Fsp3) is 0.154. The monoisotopic (exact) mass is 326 g/mol. The molecule has 0 saturated heterocycles. The Kier molecular flexibility index (Phi) is 4.21. The van der Waals surface area contributed by atoms with E-state index in [0.29, 0.717) is 21.7 Å². The summed E-state index contributed by atoms with van der Waals surface area (Å²) in [5, 5.41) is 2.88. The average Bonchev–Trinajstić information content (AvgIpc) is 2.41. The molecule has 2 rings (SSSR count). The minimum atomic E-state index is -0.441. The van der Waals surface area contributed by atoms with Gasteiger partial charge in [-0.3, -0.25) is 0 Å². The van der Waals surface area contributed by atoms with Gasteiger partial charge in [-0.2, -0.15) is 0 Å². The quantitative estimate of drug-likeness (QED) is 0.929.